The van der Waals surface area contributed by atoms with Crippen LogP contribution in [-0.2, 0) is 4.74 Å². The van der Waals surface area contributed by atoms with Gasteiger partial charge in [0.2, 0.25) is 0 Å². The van der Waals surface area contributed by atoms with Crippen LogP contribution in [0.2, 0.25) is 0 Å². The lowest BCUT2D eigenvalue weighted by Gasteiger charge is -2.36. The molecule has 1 saturated heterocycles. The molecule has 27 heavy (non-hydrogen) atoms. The molecule has 0 aliphatic carbocycles. The molecule has 2 N–H and O–H groups in total. The Balaban J connectivity index is 1.99. The number of aliphatic imine (C=N–C) groups is 1. The largest absolute Gasteiger partial charge is 0.379 e. The fraction of sp³-hybridized carbons (Fsp3) is 0.750. The molecule has 0 amide bonds. The van der Waals surface area contributed by atoms with Crippen molar-refractivity contribution in [2.75, 3.05) is 60.0 Å². The zero-order valence-corrected chi connectivity index (χ0v) is 18.4. The van der Waals surface area contributed by atoms with E-state index >= 15 is 0 Å². The van der Waals surface area contributed by atoms with E-state index in [4.69, 9.17) is 9.73 Å². The summed E-state index contributed by atoms with van der Waals surface area (Å²) in [5.74, 6) is 1.47. The molecule has 0 radical (unpaired) electrons. The summed E-state index contributed by atoms with van der Waals surface area (Å²) >= 11 is 1.80. The first-order chi connectivity index (χ1) is 13.0. The van der Waals surface area contributed by atoms with Crippen molar-refractivity contribution in [3.05, 3.63) is 22.4 Å². The van der Waals surface area contributed by atoms with Crippen molar-refractivity contribution in [1.82, 2.24) is 20.4 Å². The van der Waals surface area contributed by atoms with Gasteiger partial charge in [0.25, 0.3) is 0 Å². The van der Waals surface area contributed by atoms with Crippen LogP contribution in [0, 0.1) is 5.92 Å². The van der Waals surface area contributed by atoms with Gasteiger partial charge in [-0.15, -0.1) is 11.3 Å². The zero-order chi connectivity index (χ0) is 19.6. The van der Waals surface area contributed by atoms with Crippen molar-refractivity contribution in [2.45, 2.75) is 32.9 Å². The first-order valence-electron chi connectivity index (χ1n) is 10.1. The molecule has 1 fully saturated rings. The molecule has 7 heteroatoms. The zero-order valence-electron chi connectivity index (χ0n) is 17.6. The second-order valence-corrected chi connectivity index (χ2v) is 8.53. The Morgan fingerprint density at radius 3 is 2.59 bits per heavy atom. The summed E-state index contributed by atoms with van der Waals surface area (Å²) in [5.41, 5.74) is 0. The summed E-state index contributed by atoms with van der Waals surface area (Å²) in [6.07, 6.45) is 0. The molecule has 1 aromatic rings. The second-order valence-electron chi connectivity index (χ2n) is 7.56. The van der Waals surface area contributed by atoms with Crippen molar-refractivity contribution in [1.29, 1.82) is 0 Å². The van der Waals surface area contributed by atoms with E-state index in [1.807, 2.05) is 0 Å². The number of guanidine groups is 1. The molecule has 0 bridgehead atoms. The van der Waals surface area contributed by atoms with Gasteiger partial charge >= 0.3 is 0 Å². The lowest BCUT2D eigenvalue weighted by atomic mass is 10.0. The third-order valence-electron chi connectivity index (χ3n) is 5.02. The van der Waals surface area contributed by atoms with Crippen LogP contribution in [0.4, 0.5) is 0 Å². The van der Waals surface area contributed by atoms with Gasteiger partial charge in [0.15, 0.2) is 5.96 Å². The van der Waals surface area contributed by atoms with Gasteiger partial charge < -0.3 is 20.3 Å². The van der Waals surface area contributed by atoms with E-state index < -0.39 is 0 Å². The number of likely N-dealkylation sites (N-methyl/N-ethyl adjacent to an activating group) is 1. The highest BCUT2D eigenvalue weighted by molar-refractivity contribution is 7.10. The molecule has 0 saturated carbocycles. The molecule has 1 aliphatic heterocycles. The van der Waals surface area contributed by atoms with Gasteiger partial charge in [-0.25, -0.2) is 0 Å². The Morgan fingerprint density at radius 2 is 2.04 bits per heavy atom. The SMILES string of the molecule is CCNC(=NCC(C(C)C)N1CCOCC1)NCC(c1cccs1)N(C)C. The Kier molecular flexibility index (Phi) is 9.54. The molecule has 2 unspecified atom stereocenters. The maximum Gasteiger partial charge on any atom is 0.191 e. The molecule has 2 heterocycles. The first kappa shape index (κ1) is 22.1. The average Bonchev–Trinajstić information content (AvgIpc) is 3.16. The van der Waals surface area contributed by atoms with Crippen molar-refractivity contribution in [2.24, 2.45) is 10.9 Å². The lowest BCUT2D eigenvalue weighted by Crippen LogP contribution is -2.48. The van der Waals surface area contributed by atoms with E-state index in [1.54, 1.807) is 11.3 Å². The molecule has 0 aromatic carbocycles. The highest BCUT2D eigenvalue weighted by Gasteiger charge is 2.23. The third-order valence-corrected chi connectivity index (χ3v) is 6.00. The third kappa shape index (κ3) is 7.07. The van der Waals surface area contributed by atoms with Crippen molar-refractivity contribution in [3.8, 4) is 0 Å². The van der Waals surface area contributed by atoms with E-state index in [1.165, 1.54) is 4.88 Å². The van der Waals surface area contributed by atoms with Crippen LogP contribution < -0.4 is 10.6 Å². The smallest absolute Gasteiger partial charge is 0.191 e. The van der Waals surface area contributed by atoms with Gasteiger partial charge in [0, 0.05) is 37.1 Å². The van der Waals surface area contributed by atoms with Crippen LogP contribution in [0.15, 0.2) is 22.5 Å². The molecular formula is C20H37N5OS. The monoisotopic (exact) mass is 395 g/mol. The van der Waals surface area contributed by atoms with Gasteiger partial charge in [-0.1, -0.05) is 19.9 Å². The summed E-state index contributed by atoms with van der Waals surface area (Å²) < 4.78 is 5.51. The molecular weight excluding hydrogens is 358 g/mol. The summed E-state index contributed by atoms with van der Waals surface area (Å²) in [6.45, 7) is 12.9. The Hall–Kier alpha value is -1.15. The predicted octanol–water partition coefficient (Wildman–Crippen LogP) is 2.26. The number of morpholine rings is 1. The minimum atomic E-state index is 0.342. The van der Waals surface area contributed by atoms with Gasteiger partial charge in [0.05, 0.1) is 25.8 Å². The van der Waals surface area contributed by atoms with Crippen LogP contribution in [0.3, 0.4) is 0 Å². The minimum Gasteiger partial charge on any atom is -0.379 e. The number of thiophene rings is 1. The maximum atomic E-state index is 5.51. The Morgan fingerprint density at radius 1 is 1.30 bits per heavy atom. The van der Waals surface area contributed by atoms with Gasteiger partial charge in [-0.05, 0) is 38.4 Å². The molecule has 1 aromatic heterocycles. The van der Waals surface area contributed by atoms with Gasteiger partial charge in [-0.2, -0.15) is 0 Å². The van der Waals surface area contributed by atoms with E-state index in [0.717, 1.165) is 51.9 Å². The topological polar surface area (TPSA) is 52.1 Å². The van der Waals surface area contributed by atoms with E-state index in [0.29, 0.717) is 18.0 Å². The maximum absolute atomic E-state index is 5.51. The first-order valence-corrected chi connectivity index (χ1v) is 10.9. The van der Waals surface area contributed by atoms with E-state index in [2.05, 4.69) is 72.8 Å². The quantitative estimate of drug-likeness (QED) is 0.496. The molecule has 1 aliphatic rings. The lowest BCUT2D eigenvalue weighted by molar-refractivity contribution is 0.00867. The van der Waals surface area contributed by atoms with Crippen molar-refractivity contribution in [3.63, 3.8) is 0 Å². The number of nitrogens with one attached hydrogen (secondary N) is 2. The van der Waals surface area contributed by atoms with E-state index in [9.17, 15) is 0 Å². The average molecular weight is 396 g/mol. The molecule has 0 spiro atoms. The van der Waals surface area contributed by atoms with Gasteiger partial charge in [-0.3, -0.25) is 9.89 Å². The fourth-order valence-electron chi connectivity index (χ4n) is 3.40. The summed E-state index contributed by atoms with van der Waals surface area (Å²) in [7, 11) is 4.26. The standard InChI is InChI=1S/C20H37N5OS/c1-6-21-20(23-15-18(24(4)5)19-8-7-13-27-19)22-14-17(16(2)3)25-9-11-26-12-10-25/h7-8,13,16-18H,6,9-12,14-15H2,1-5H3,(H2,21,22,23). The van der Waals surface area contributed by atoms with Crippen LogP contribution in [0.25, 0.3) is 0 Å². The van der Waals surface area contributed by atoms with Crippen LogP contribution in [-0.4, -0.2) is 81.8 Å². The highest BCUT2D eigenvalue weighted by atomic mass is 32.1. The number of rotatable bonds is 9. The molecule has 2 atom stereocenters. The second kappa shape index (κ2) is 11.6. The predicted molar refractivity (Wildman–Crippen MR) is 116 cm³/mol. The molecule has 154 valence electrons. The Bertz CT molecular complexity index is 541. The van der Waals surface area contributed by atoms with Crippen LogP contribution in [0.1, 0.15) is 31.7 Å². The summed E-state index contributed by atoms with van der Waals surface area (Å²) in [6, 6.07) is 5.11. The number of hydrogen-bond acceptors (Lipinski definition) is 5. The number of nitrogens with zero attached hydrogens (tertiary/aromatic N) is 3. The minimum absolute atomic E-state index is 0.342. The Labute approximate surface area is 169 Å². The fourth-order valence-corrected chi connectivity index (χ4v) is 4.32. The molecule has 2 rings (SSSR count). The van der Waals surface area contributed by atoms with E-state index in [-0.39, 0.29) is 0 Å². The van der Waals surface area contributed by atoms with Crippen molar-refractivity contribution < 1.29 is 4.74 Å². The molecule has 6 nitrogen and oxygen atoms in total. The highest BCUT2D eigenvalue weighted by Crippen LogP contribution is 2.22. The van der Waals surface area contributed by atoms with Crippen LogP contribution in [0.5, 0.6) is 0 Å². The number of hydrogen-bond donors (Lipinski definition) is 2. The summed E-state index contributed by atoms with van der Waals surface area (Å²) in [4.78, 5) is 11.1. The number of ether oxygens (including phenoxy) is 1. The van der Waals surface area contributed by atoms with Gasteiger partial charge in [0.1, 0.15) is 0 Å². The normalized spacial score (nSPS) is 18.7. The summed E-state index contributed by atoms with van der Waals surface area (Å²) in [5, 5.41) is 9.09. The van der Waals surface area contributed by atoms with Crippen molar-refractivity contribution >= 4 is 17.3 Å². The van der Waals surface area contributed by atoms with Crippen LogP contribution >= 0.6 is 11.3 Å².